The molecule has 2 aliphatic rings. The predicted molar refractivity (Wildman–Crippen MR) is 181 cm³/mol. The van der Waals surface area contributed by atoms with Crippen molar-refractivity contribution in [1.82, 2.24) is 14.8 Å². The van der Waals surface area contributed by atoms with Gasteiger partial charge in [-0.2, -0.15) is 0 Å². The molecule has 3 aromatic carbocycles. The van der Waals surface area contributed by atoms with Crippen LogP contribution in [0.5, 0.6) is 0 Å². The normalized spacial score (nSPS) is 16.1. The number of rotatable bonds is 8. The summed E-state index contributed by atoms with van der Waals surface area (Å²) in [5, 5.41) is 3.90. The average Bonchev–Trinajstić information content (AvgIpc) is 3.40. The van der Waals surface area contributed by atoms with Crippen LogP contribution in [0.3, 0.4) is 0 Å². The van der Waals surface area contributed by atoms with E-state index in [1.807, 2.05) is 53.4 Å². The minimum atomic E-state index is -1.09. The zero-order chi connectivity index (χ0) is 31.7. The summed E-state index contributed by atoms with van der Waals surface area (Å²) in [5.41, 5.74) is 9.58. The van der Waals surface area contributed by atoms with E-state index in [2.05, 4.69) is 42.2 Å². The molecule has 0 spiro atoms. The fraction of sp³-hybridized carbons (Fsp3) is 0.273. The number of piperidine rings is 1. The zero-order valence-electron chi connectivity index (χ0n) is 24.3. The molecule has 4 N–H and O–H groups in total. The number of fused-ring (bicyclic) bond motifs is 2. The number of benzene rings is 3. The lowest BCUT2D eigenvalue weighted by atomic mass is 9.98. The maximum atomic E-state index is 14.2. The number of hydrogen-bond donors (Lipinski definition) is 3. The highest BCUT2D eigenvalue weighted by Crippen LogP contribution is 2.32. The van der Waals surface area contributed by atoms with E-state index in [1.54, 1.807) is 23.1 Å². The minimum absolute atomic E-state index is 0.0381. The van der Waals surface area contributed by atoms with E-state index in [4.69, 9.17) is 5.73 Å². The van der Waals surface area contributed by atoms with Crippen LogP contribution in [0.15, 0.2) is 75.7 Å². The van der Waals surface area contributed by atoms with E-state index >= 15 is 0 Å². The van der Waals surface area contributed by atoms with Gasteiger partial charge in [-0.1, -0.05) is 36.4 Å². The minimum Gasteiger partial charge on any atom is -0.397 e. The molecule has 4 amide bonds. The number of anilines is 3. The van der Waals surface area contributed by atoms with Crippen LogP contribution in [0.25, 0.3) is 10.9 Å². The number of aromatic nitrogens is 1. The monoisotopic (exact) mass is 734 g/mol. The molecule has 232 valence electrons. The van der Waals surface area contributed by atoms with Gasteiger partial charge in [-0.25, -0.2) is 4.79 Å². The number of nitrogens with one attached hydrogen (secondary N) is 2. The van der Waals surface area contributed by atoms with Crippen LogP contribution >= 0.6 is 31.9 Å². The summed E-state index contributed by atoms with van der Waals surface area (Å²) in [6.07, 6.45) is 2.28. The Morgan fingerprint density at radius 1 is 1.00 bits per heavy atom. The molecule has 6 rings (SSSR count). The first kappa shape index (κ1) is 30.8. The third-order valence-electron chi connectivity index (χ3n) is 8.67. The van der Waals surface area contributed by atoms with Gasteiger partial charge >= 0.3 is 6.03 Å². The van der Waals surface area contributed by atoms with E-state index < -0.39 is 6.04 Å². The van der Waals surface area contributed by atoms with Gasteiger partial charge in [0, 0.05) is 63.2 Å². The number of carbonyl (C=O) groups excluding carboxylic acids is 4. The van der Waals surface area contributed by atoms with Crippen LogP contribution in [-0.2, 0) is 16.0 Å². The highest BCUT2D eigenvalue weighted by Gasteiger charge is 2.37. The molecule has 0 bridgehead atoms. The standard InChI is InChI=1S/C33H32Br2N6O4/c34-24-15-22(16-25(35)31(24)36)29(43)18-28(41(19-42)30-17-21-6-2-4-8-27(21)37-30)32(44)39-12-10-23(11-13-39)40-14-9-20-5-1-3-7-26(20)38-33(40)45/h1-8,15-17,19,23,28,37H,9-14,18,36H2,(H,38,45)/t28-/m0/s1. The first-order chi connectivity index (χ1) is 21.7. The lowest BCUT2D eigenvalue weighted by molar-refractivity contribution is -0.135. The Balaban J connectivity index is 1.22. The molecule has 3 heterocycles. The maximum Gasteiger partial charge on any atom is 0.322 e. The SMILES string of the molecule is Nc1c(Br)cc(C(=O)C[C@@H](C(=O)N2CCC(N3CCc4ccccc4NC3=O)CC2)N(C=O)c2cc3ccccc3[nH]2)cc1Br. The highest BCUT2D eigenvalue weighted by molar-refractivity contribution is 9.11. The maximum absolute atomic E-state index is 14.2. The molecule has 4 aromatic rings. The Labute approximate surface area is 277 Å². The number of aromatic amines is 1. The van der Waals surface area contributed by atoms with Crippen molar-refractivity contribution in [3.63, 3.8) is 0 Å². The van der Waals surface area contributed by atoms with Crippen molar-refractivity contribution in [3.8, 4) is 0 Å². The van der Waals surface area contributed by atoms with Crippen molar-refractivity contribution in [2.24, 2.45) is 0 Å². The van der Waals surface area contributed by atoms with Gasteiger partial charge in [-0.05, 0) is 87.0 Å². The summed E-state index contributed by atoms with van der Waals surface area (Å²) in [4.78, 5) is 61.7. The van der Waals surface area contributed by atoms with Crippen molar-refractivity contribution >= 4 is 84.1 Å². The lowest BCUT2D eigenvalue weighted by Gasteiger charge is -2.40. The summed E-state index contributed by atoms with van der Waals surface area (Å²) in [6, 6.07) is 19.1. The fourth-order valence-electron chi connectivity index (χ4n) is 6.19. The predicted octanol–water partition coefficient (Wildman–Crippen LogP) is 5.96. The highest BCUT2D eigenvalue weighted by atomic mass is 79.9. The number of para-hydroxylation sites is 2. The number of ketones is 1. The van der Waals surface area contributed by atoms with E-state index in [-0.39, 0.29) is 30.2 Å². The number of Topliss-reactive ketones (excluding diaryl/α,β-unsaturated/α-hetero) is 1. The van der Waals surface area contributed by atoms with Crippen LogP contribution in [-0.4, -0.2) is 70.6 Å². The molecule has 2 aliphatic heterocycles. The molecule has 0 radical (unpaired) electrons. The zero-order valence-corrected chi connectivity index (χ0v) is 27.5. The van der Waals surface area contributed by atoms with Gasteiger partial charge in [0.15, 0.2) is 5.78 Å². The van der Waals surface area contributed by atoms with E-state index in [9.17, 15) is 19.2 Å². The second-order valence-corrected chi connectivity index (χ2v) is 13.0. The van der Waals surface area contributed by atoms with Crippen LogP contribution in [0, 0.1) is 0 Å². The molecule has 12 heteroatoms. The molecule has 45 heavy (non-hydrogen) atoms. The van der Waals surface area contributed by atoms with E-state index in [0.29, 0.717) is 64.9 Å². The Hall–Kier alpha value is -4.16. The average molecular weight is 736 g/mol. The summed E-state index contributed by atoms with van der Waals surface area (Å²) in [5.74, 6) is -0.213. The Kier molecular flexibility index (Phi) is 8.95. The van der Waals surface area contributed by atoms with E-state index in [1.165, 1.54) is 4.90 Å². The molecule has 1 fully saturated rings. The summed E-state index contributed by atoms with van der Waals surface area (Å²) in [6.45, 7) is 1.37. The number of urea groups is 1. The first-order valence-corrected chi connectivity index (χ1v) is 16.4. The molecule has 1 aromatic heterocycles. The van der Waals surface area contributed by atoms with Gasteiger partial charge in [0.2, 0.25) is 12.3 Å². The Bertz CT molecular complexity index is 1730. The topological polar surface area (TPSA) is 132 Å². The third-order valence-corrected chi connectivity index (χ3v) is 9.98. The number of nitrogens with two attached hydrogens (primary N) is 1. The van der Waals surface area contributed by atoms with Crippen molar-refractivity contribution in [1.29, 1.82) is 0 Å². The second kappa shape index (κ2) is 13.1. The number of nitrogen functional groups attached to an aromatic ring is 1. The van der Waals surface area contributed by atoms with Crippen LogP contribution in [0.2, 0.25) is 0 Å². The molecule has 0 aliphatic carbocycles. The molecule has 0 saturated carbocycles. The number of halogens is 2. The van der Waals surface area contributed by atoms with Crippen molar-refractivity contribution in [2.45, 2.75) is 37.8 Å². The van der Waals surface area contributed by atoms with E-state index in [0.717, 1.165) is 28.6 Å². The van der Waals surface area contributed by atoms with Gasteiger partial charge in [0.1, 0.15) is 11.9 Å². The third kappa shape index (κ3) is 6.34. The number of H-pyrrole nitrogens is 1. The number of carbonyl (C=O) groups is 4. The van der Waals surface area contributed by atoms with Crippen molar-refractivity contribution < 1.29 is 19.2 Å². The van der Waals surface area contributed by atoms with Crippen molar-refractivity contribution in [3.05, 3.63) is 86.8 Å². The van der Waals surface area contributed by atoms with Crippen molar-refractivity contribution in [2.75, 3.05) is 35.6 Å². The summed E-state index contributed by atoms with van der Waals surface area (Å²) < 4.78 is 1.10. The van der Waals surface area contributed by atoms with Gasteiger partial charge in [0.25, 0.3) is 0 Å². The number of hydrogen-bond acceptors (Lipinski definition) is 5. The molecule has 10 nitrogen and oxygen atoms in total. The molecular weight excluding hydrogens is 704 g/mol. The van der Waals surface area contributed by atoms with Crippen LogP contribution in [0.1, 0.15) is 35.2 Å². The molecule has 1 saturated heterocycles. The van der Waals surface area contributed by atoms with Gasteiger partial charge < -0.3 is 25.8 Å². The Morgan fingerprint density at radius 3 is 2.40 bits per heavy atom. The van der Waals surface area contributed by atoms with Gasteiger partial charge in [0.05, 0.1) is 5.69 Å². The molecule has 0 unspecified atom stereocenters. The molecule has 1 atom stereocenters. The van der Waals surface area contributed by atoms with Gasteiger partial charge in [-0.15, -0.1) is 0 Å². The molecular formula is C33H32Br2N6O4. The van der Waals surface area contributed by atoms with Gasteiger partial charge in [-0.3, -0.25) is 19.3 Å². The Morgan fingerprint density at radius 2 is 1.69 bits per heavy atom. The number of likely N-dealkylation sites (tertiary alicyclic amines) is 1. The summed E-state index contributed by atoms with van der Waals surface area (Å²) in [7, 11) is 0. The van der Waals surface area contributed by atoms with Crippen LogP contribution in [0.4, 0.5) is 22.0 Å². The quantitative estimate of drug-likeness (QED) is 0.117. The second-order valence-electron chi connectivity index (χ2n) is 11.3. The number of amides is 4. The first-order valence-electron chi connectivity index (χ1n) is 14.8. The number of nitrogens with zero attached hydrogens (tertiary/aromatic N) is 3. The van der Waals surface area contributed by atoms with Crippen LogP contribution < -0.4 is 16.0 Å². The lowest BCUT2D eigenvalue weighted by Crippen LogP contribution is -2.54. The summed E-state index contributed by atoms with van der Waals surface area (Å²) >= 11 is 6.78. The smallest absolute Gasteiger partial charge is 0.322 e. The largest absolute Gasteiger partial charge is 0.397 e. The fourth-order valence-corrected chi connectivity index (χ4v) is 7.37.